The zero-order valence-corrected chi connectivity index (χ0v) is 10.9. The molecule has 0 saturated carbocycles. The van der Waals surface area contributed by atoms with E-state index in [1.165, 1.54) is 6.07 Å². The SMILES string of the molecule is CCCC(COC)NC(C)c1ccccc1F. The van der Waals surface area contributed by atoms with Crippen molar-refractivity contribution in [3.8, 4) is 0 Å². The van der Waals surface area contributed by atoms with Crippen LogP contribution >= 0.6 is 0 Å². The van der Waals surface area contributed by atoms with Gasteiger partial charge >= 0.3 is 0 Å². The maximum absolute atomic E-state index is 13.6. The minimum absolute atomic E-state index is 0.00269. The lowest BCUT2D eigenvalue weighted by Gasteiger charge is -2.23. The van der Waals surface area contributed by atoms with Gasteiger partial charge in [-0.2, -0.15) is 0 Å². The molecule has 2 atom stereocenters. The first kappa shape index (κ1) is 14.1. The summed E-state index contributed by atoms with van der Waals surface area (Å²) in [6, 6.07) is 7.18. The van der Waals surface area contributed by atoms with Gasteiger partial charge in [0.25, 0.3) is 0 Å². The van der Waals surface area contributed by atoms with E-state index in [4.69, 9.17) is 4.74 Å². The number of rotatable bonds is 7. The van der Waals surface area contributed by atoms with Gasteiger partial charge in [0.1, 0.15) is 5.82 Å². The molecule has 0 aliphatic carbocycles. The van der Waals surface area contributed by atoms with Gasteiger partial charge in [0.05, 0.1) is 6.61 Å². The molecule has 0 fully saturated rings. The molecule has 2 unspecified atom stereocenters. The lowest BCUT2D eigenvalue weighted by molar-refractivity contribution is 0.156. The van der Waals surface area contributed by atoms with Crippen molar-refractivity contribution < 1.29 is 9.13 Å². The summed E-state index contributed by atoms with van der Waals surface area (Å²) in [5, 5.41) is 3.41. The van der Waals surface area contributed by atoms with E-state index in [-0.39, 0.29) is 17.9 Å². The van der Waals surface area contributed by atoms with Crippen LogP contribution in [0.5, 0.6) is 0 Å². The van der Waals surface area contributed by atoms with Crippen molar-refractivity contribution in [3.63, 3.8) is 0 Å². The highest BCUT2D eigenvalue weighted by Gasteiger charge is 2.14. The van der Waals surface area contributed by atoms with Gasteiger partial charge in [-0.1, -0.05) is 31.5 Å². The second kappa shape index (κ2) is 7.41. The first-order valence-electron chi connectivity index (χ1n) is 6.18. The molecule has 2 nitrogen and oxygen atoms in total. The molecule has 1 aromatic carbocycles. The fraction of sp³-hybridized carbons (Fsp3) is 0.571. The largest absolute Gasteiger partial charge is 0.383 e. The van der Waals surface area contributed by atoms with Crippen LogP contribution < -0.4 is 5.32 Å². The van der Waals surface area contributed by atoms with E-state index in [1.807, 2.05) is 19.1 Å². The van der Waals surface area contributed by atoms with Crippen molar-refractivity contribution in [3.05, 3.63) is 35.6 Å². The lowest BCUT2D eigenvalue weighted by atomic mass is 10.1. The third-order valence-electron chi connectivity index (χ3n) is 2.86. The molecule has 0 aliphatic heterocycles. The van der Waals surface area contributed by atoms with Crippen LogP contribution in [-0.2, 0) is 4.74 Å². The van der Waals surface area contributed by atoms with Gasteiger partial charge in [-0.05, 0) is 19.4 Å². The molecule has 0 spiro atoms. The predicted octanol–water partition coefficient (Wildman–Crippen LogP) is 3.29. The Morgan fingerprint density at radius 2 is 2.06 bits per heavy atom. The first-order chi connectivity index (χ1) is 8.19. The smallest absolute Gasteiger partial charge is 0.127 e. The topological polar surface area (TPSA) is 21.3 Å². The number of methoxy groups -OCH3 is 1. The zero-order valence-electron chi connectivity index (χ0n) is 10.9. The Balaban J connectivity index is 2.63. The Morgan fingerprint density at radius 3 is 2.65 bits per heavy atom. The summed E-state index contributed by atoms with van der Waals surface area (Å²) in [7, 11) is 1.69. The third kappa shape index (κ3) is 4.44. The Hall–Kier alpha value is -0.930. The minimum Gasteiger partial charge on any atom is -0.383 e. The molecule has 3 heteroatoms. The molecule has 1 aromatic rings. The number of halogens is 1. The molecular formula is C14H22FNO. The van der Waals surface area contributed by atoms with Crippen LogP contribution in [0.3, 0.4) is 0 Å². The number of hydrogen-bond donors (Lipinski definition) is 1. The highest BCUT2D eigenvalue weighted by atomic mass is 19.1. The van der Waals surface area contributed by atoms with E-state index < -0.39 is 0 Å². The molecule has 0 amide bonds. The molecule has 0 saturated heterocycles. The molecule has 0 aromatic heterocycles. The molecule has 17 heavy (non-hydrogen) atoms. The zero-order chi connectivity index (χ0) is 12.7. The monoisotopic (exact) mass is 239 g/mol. The van der Waals surface area contributed by atoms with Crippen LogP contribution in [0, 0.1) is 5.82 Å². The predicted molar refractivity (Wildman–Crippen MR) is 68.5 cm³/mol. The summed E-state index contributed by atoms with van der Waals surface area (Å²) in [4.78, 5) is 0. The highest BCUT2D eigenvalue weighted by molar-refractivity contribution is 5.20. The fourth-order valence-electron chi connectivity index (χ4n) is 2.03. The fourth-order valence-corrected chi connectivity index (χ4v) is 2.03. The summed E-state index contributed by atoms with van der Waals surface area (Å²) in [5.41, 5.74) is 0.713. The van der Waals surface area contributed by atoms with Crippen LogP contribution in [0.25, 0.3) is 0 Å². The molecule has 0 heterocycles. The van der Waals surface area contributed by atoms with E-state index >= 15 is 0 Å². The lowest BCUT2D eigenvalue weighted by Crippen LogP contribution is -2.35. The highest BCUT2D eigenvalue weighted by Crippen LogP contribution is 2.17. The molecular weight excluding hydrogens is 217 g/mol. The van der Waals surface area contributed by atoms with Crippen molar-refractivity contribution in [2.24, 2.45) is 0 Å². The molecule has 0 radical (unpaired) electrons. The minimum atomic E-state index is -0.153. The average Bonchev–Trinajstić information content (AvgIpc) is 2.30. The van der Waals surface area contributed by atoms with Gasteiger partial charge in [-0.3, -0.25) is 0 Å². The quantitative estimate of drug-likeness (QED) is 0.788. The van der Waals surface area contributed by atoms with E-state index in [9.17, 15) is 4.39 Å². The number of benzene rings is 1. The van der Waals surface area contributed by atoms with Gasteiger partial charge in [0.2, 0.25) is 0 Å². The van der Waals surface area contributed by atoms with Crippen molar-refractivity contribution in [2.45, 2.75) is 38.8 Å². The summed E-state index contributed by atoms with van der Waals surface area (Å²) >= 11 is 0. The molecule has 0 aliphatic rings. The second-order valence-corrected chi connectivity index (χ2v) is 4.35. The number of ether oxygens (including phenoxy) is 1. The Labute approximate surface area is 103 Å². The standard InChI is InChI=1S/C14H22FNO/c1-4-7-12(10-17-3)16-11(2)13-8-5-6-9-14(13)15/h5-6,8-9,11-12,16H,4,7,10H2,1-3H3. The average molecular weight is 239 g/mol. The maximum Gasteiger partial charge on any atom is 0.127 e. The Morgan fingerprint density at radius 1 is 1.35 bits per heavy atom. The van der Waals surface area contributed by atoms with Crippen molar-refractivity contribution in [2.75, 3.05) is 13.7 Å². The normalized spacial score (nSPS) is 14.6. The van der Waals surface area contributed by atoms with Crippen molar-refractivity contribution in [1.82, 2.24) is 5.32 Å². The molecule has 1 N–H and O–H groups in total. The van der Waals surface area contributed by atoms with Crippen molar-refractivity contribution in [1.29, 1.82) is 0 Å². The van der Waals surface area contributed by atoms with Gasteiger partial charge in [0.15, 0.2) is 0 Å². The van der Waals surface area contributed by atoms with Gasteiger partial charge in [0, 0.05) is 24.8 Å². The Kier molecular flexibility index (Phi) is 6.16. The van der Waals surface area contributed by atoms with Gasteiger partial charge < -0.3 is 10.1 Å². The number of hydrogen-bond acceptors (Lipinski definition) is 2. The summed E-state index contributed by atoms with van der Waals surface area (Å²) < 4.78 is 18.8. The van der Waals surface area contributed by atoms with E-state index in [0.29, 0.717) is 12.2 Å². The first-order valence-corrected chi connectivity index (χ1v) is 6.18. The molecule has 0 bridgehead atoms. The van der Waals surface area contributed by atoms with Gasteiger partial charge in [-0.15, -0.1) is 0 Å². The molecule has 96 valence electrons. The summed E-state index contributed by atoms with van der Waals surface area (Å²) in [5.74, 6) is -0.153. The van der Waals surface area contributed by atoms with Gasteiger partial charge in [-0.25, -0.2) is 4.39 Å². The summed E-state index contributed by atoms with van der Waals surface area (Å²) in [6.45, 7) is 4.78. The molecule has 1 rings (SSSR count). The summed E-state index contributed by atoms with van der Waals surface area (Å²) in [6.07, 6.45) is 2.12. The Bertz CT molecular complexity index is 324. The van der Waals surface area contributed by atoms with Crippen LogP contribution in [0.15, 0.2) is 24.3 Å². The van der Waals surface area contributed by atoms with Crippen LogP contribution in [0.1, 0.15) is 38.3 Å². The third-order valence-corrected chi connectivity index (χ3v) is 2.86. The maximum atomic E-state index is 13.6. The van der Waals surface area contributed by atoms with Crippen LogP contribution in [0.4, 0.5) is 4.39 Å². The van der Waals surface area contributed by atoms with Crippen LogP contribution in [0.2, 0.25) is 0 Å². The van der Waals surface area contributed by atoms with E-state index in [1.54, 1.807) is 13.2 Å². The van der Waals surface area contributed by atoms with Crippen LogP contribution in [-0.4, -0.2) is 19.8 Å². The second-order valence-electron chi connectivity index (χ2n) is 4.35. The van der Waals surface area contributed by atoms with Crippen molar-refractivity contribution >= 4 is 0 Å². The van der Waals surface area contributed by atoms with E-state index in [0.717, 1.165) is 12.8 Å². The number of nitrogens with one attached hydrogen (secondary N) is 1. The van der Waals surface area contributed by atoms with E-state index in [2.05, 4.69) is 12.2 Å².